The minimum absolute atomic E-state index is 0. The molecule has 2 aliphatic rings. The van der Waals surface area contributed by atoms with Gasteiger partial charge in [0.2, 0.25) is 0 Å². The zero-order valence-electron chi connectivity index (χ0n) is 23.3. The molecule has 6 rings (SSSR count). The largest absolute Gasteiger partial charge is 0.497 e. The summed E-state index contributed by atoms with van der Waals surface area (Å²) in [5.41, 5.74) is 3.88. The zero-order chi connectivity index (χ0) is 26.8. The number of fused-ring (bicyclic) bond motifs is 1. The number of aryl methyl sites for hydroxylation is 1. The quantitative estimate of drug-likeness (QED) is 0.349. The molecule has 1 aliphatic heterocycles. The van der Waals surface area contributed by atoms with E-state index in [1.807, 2.05) is 35.0 Å². The standard InChI is InChI=1S/C30H37N7O2.ClH/c1-21-11-12-27-23(17-21)19-26(30(38)31-27)28(29-32-33-34-37(29)24-8-4-3-5-9-24)36-15-13-35(14-16-36)20-22-7-6-10-25(18-22)39-2;/h6-7,10-12,17-19,24,28H,3-5,8-9,13-16,20H2,1-2H3,(H,31,38);1H. The van der Waals surface area contributed by atoms with Crippen LogP contribution in [-0.4, -0.2) is 68.3 Å². The van der Waals surface area contributed by atoms with Crippen LogP contribution in [0.25, 0.3) is 10.9 Å². The molecule has 0 spiro atoms. The number of nitrogens with zero attached hydrogens (tertiary/aromatic N) is 6. The van der Waals surface area contributed by atoms with Crippen molar-refractivity contribution in [1.82, 2.24) is 35.0 Å². The van der Waals surface area contributed by atoms with Crippen LogP contribution in [-0.2, 0) is 6.54 Å². The summed E-state index contributed by atoms with van der Waals surface area (Å²) in [5.74, 6) is 1.66. The lowest BCUT2D eigenvalue weighted by atomic mass is 9.95. The Balaban J connectivity index is 0.00000323. The van der Waals surface area contributed by atoms with E-state index >= 15 is 0 Å². The molecular weight excluding hydrogens is 526 g/mol. The number of nitrogens with one attached hydrogen (secondary N) is 1. The van der Waals surface area contributed by atoms with E-state index < -0.39 is 0 Å². The lowest BCUT2D eigenvalue weighted by Gasteiger charge is -2.39. The van der Waals surface area contributed by atoms with Gasteiger partial charge in [-0.1, -0.05) is 43.0 Å². The van der Waals surface area contributed by atoms with Crippen molar-refractivity contribution in [2.45, 2.75) is 57.7 Å². The number of halogens is 1. The van der Waals surface area contributed by atoms with Crippen LogP contribution in [0.2, 0.25) is 0 Å². The average Bonchev–Trinajstić information content (AvgIpc) is 3.45. The minimum atomic E-state index is -0.311. The summed E-state index contributed by atoms with van der Waals surface area (Å²) < 4.78 is 7.43. The predicted octanol–water partition coefficient (Wildman–Crippen LogP) is 4.67. The summed E-state index contributed by atoms with van der Waals surface area (Å²) in [4.78, 5) is 21.6. The smallest absolute Gasteiger partial charge is 0.253 e. The SMILES string of the molecule is COc1cccc(CN2CCN(C(c3cc4cc(C)ccc4[nH]c3=O)c3nnnn3C3CCCCC3)CC2)c1.Cl. The Morgan fingerprint density at radius 1 is 1.02 bits per heavy atom. The minimum Gasteiger partial charge on any atom is -0.497 e. The number of H-pyrrole nitrogens is 1. The predicted molar refractivity (Wildman–Crippen MR) is 158 cm³/mol. The van der Waals surface area contributed by atoms with Crippen LogP contribution >= 0.6 is 12.4 Å². The fraction of sp³-hybridized carbons (Fsp3) is 0.467. The van der Waals surface area contributed by atoms with Crippen LogP contribution in [0.1, 0.15) is 66.7 Å². The highest BCUT2D eigenvalue weighted by atomic mass is 35.5. The maximum absolute atomic E-state index is 13.6. The van der Waals surface area contributed by atoms with E-state index in [0.717, 1.165) is 73.6 Å². The number of aromatic amines is 1. The Morgan fingerprint density at radius 3 is 2.60 bits per heavy atom. The number of methoxy groups -OCH3 is 1. The van der Waals surface area contributed by atoms with E-state index in [4.69, 9.17) is 4.74 Å². The second-order valence-electron chi connectivity index (χ2n) is 11.0. The lowest BCUT2D eigenvalue weighted by molar-refractivity contribution is 0.0982. The van der Waals surface area contributed by atoms with Gasteiger partial charge in [0.05, 0.1) is 13.2 Å². The fourth-order valence-electron chi connectivity index (χ4n) is 6.22. The molecule has 9 nitrogen and oxygen atoms in total. The first-order valence-electron chi connectivity index (χ1n) is 14.1. The van der Waals surface area contributed by atoms with Crippen molar-refractivity contribution in [2.75, 3.05) is 33.3 Å². The third-order valence-electron chi connectivity index (χ3n) is 8.32. The topological polar surface area (TPSA) is 92.2 Å². The maximum Gasteiger partial charge on any atom is 0.253 e. The molecule has 1 unspecified atom stereocenters. The first kappa shape index (κ1) is 28.3. The van der Waals surface area contributed by atoms with E-state index in [0.29, 0.717) is 5.56 Å². The molecule has 1 saturated carbocycles. The summed E-state index contributed by atoms with van der Waals surface area (Å²) in [7, 11) is 1.70. The van der Waals surface area contributed by atoms with Crippen molar-refractivity contribution in [3.8, 4) is 5.75 Å². The number of hydrogen-bond donors (Lipinski definition) is 1. The van der Waals surface area contributed by atoms with Gasteiger partial charge in [-0.2, -0.15) is 0 Å². The number of rotatable bonds is 7. The molecule has 0 amide bonds. The normalized spacial score (nSPS) is 17.9. The molecule has 2 aromatic heterocycles. The van der Waals surface area contributed by atoms with E-state index in [1.165, 1.54) is 24.8 Å². The Kier molecular flexibility index (Phi) is 8.83. The van der Waals surface area contributed by atoms with Gasteiger partial charge in [-0.05, 0) is 71.5 Å². The molecule has 1 aliphatic carbocycles. The highest BCUT2D eigenvalue weighted by Crippen LogP contribution is 2.33. The second-order valence-corrected chi connectivity index (χ2v) is 11.0. The van der Waals surface area contributed by atoms with E-state index in [2.05, 4.69) is 55.4 Å². The fourth-order valence-corrected chi connectivity index (χ4v) is 6.22. The molecule has 212 valence electrons. The van der Waals surface area contributed by atoms with Crippen LogP contribution in [0.5, 0.6) is 5.75 Å². The molecule has 1 saturated heterocycles. The number of ether oxygens (including phenoxy) is 1. The van der Waals surface area contributed by atoms with Crippen molar-refractivity contribution in [3.05, 3.63) is 81.4 Å². The third kappa shape index (κ3) is 5.92. The van der Waals surface area contributed by atoms with E-state index in [1.54, 1.807) is 7.11 Å². The molecule has 40 heavy (non-hydrogen) atoms. The molecule has 0 radical (unpaired) electrons. The Bertz CT molecular complexity index is 1490. The average molecular weight is 564 g/mol. The third-order valence-corrected chi connectivity index (χ3v) is 8.32. The van der Waals surface area contributed by atoms with Gasteiger partial charge in [-0.15, -0.1) is 17.5 Å². The van der Waals surface area contributed by atoms with Crippen LogP contribution in [0.15, 0.2) is 53.3 Å². The van der Waals surface area contributed by atoms with Gasteiger partial charge in [0, 0.05) is 43.8 Å². The van der Waals surface area contributed by atoms with Crippen molar-refractivity contribution < 1.29 is 4.74 Å². The van der Waals surface area contributed by atoms with Crippen molar-refractivity contribution in [1.29, 1.82) is 0 Å². The maximum atomic E-state index is 13.6. The molecule has 0 bridgehead atoms. The first-order valence-corrected chi connectivity index (χ1v) is 14.1. The van der Waals surface area contributed by atoms with Crippen LogP contribution in [0.4, 0.5) is 0 Å². The van der Waals surface area contributed by atoms with Crippen LogP contribution < -0.4 is 10.3 Å². The van der Waals surface area contributed by atoms with Gasteiger partial charge in [0.15, 0.2) is 5.82 Å². The Labute approximate surface area is 240 Å². The number of piperazine rings is 1. The highest BCUT2D eigenvalue weighted by Gasteiger charge is 2.34. The van der Waals surface area contributed by atoms with Crippen molar-refractivity contribution in [2.24, 2.45) is 0 Å². The monoisotopic (exact) mass is 563 g/mol. The molecular formula is C30H38ClN7O2. The van der Waals surface area contributed by atoms with Crippen molar-refractivity contribution in [3.63, 3.8) is 0 Å². The zero-order valence-corrected chi connectivity index (χ0v) is 24.1. The van der Waals surface area contributed by atoms with Gasteiger partial charge < -0.3 is 9.72 Å². The van der Waals surface area contributed by atoms with Gasteiger partial charge in [-0.25, -0.2) is 4.68 Å². The van der Waals surface area contributed by atoms with Gasteiger partial charge in [0.25, 0.3) is 5.56 Å². The number of tetrazole rings is 1. The molecule has 3 heterocycles. The van der Waals surface area contributed by atoms with Gasteiger partial charge >= 0.3 is 0 Å². The van der Waals surface area contributed by atoms with Gasteiger partial charge in [0.1, 0.15) is 11.8 Å². The van der Waals surface area contributed by atoms with E-state index in [9.17, 15) is 4.79 Å². The van der Waals surface area contributed by atoms with E-state index in [-0.39, 0.29) is 30.0 Å². The summed E-state index contributed by atoms with van der Waals surface area (Å²) >= 11 is 0. The lowest BCUT2D eigenvalue weighted by Crippen LogP contribution is -2.48. The first-order chi connectivity index (χ1) is 19.1. The molecule has 2 aromatic carbocycles. The molecule has 10 heteroatoms. The Hall–Kier alpha value is -3.27. The highest BCUT2D eigenvalue weighted by molar-refractivity contribution is 5.85. The summed E-state index contributed by atoms with van der Waals surface area (Å²) in [6.07, 6.45) is 5.79. The van der Waals surface area contributed by atoms with Crippen LogP contribution in [0, 0.1) is 6.92 Å². The number of benzene rings is 2. The summed E-state index contributed by atoms with van der Waals surface area (Å²) in [6, 6.07) is 16.4. The number of aromatic nitrogens is 5. The van der Waals surface area contributed by atoms with Crippen LogP contribution in [0.3, 0.4) is 0 Å². The summed E-state index contributed by atoms with van der Waals surface area (Å²) in [5, 5.41) is 14.2. The Morgan fingerprint density at radius 2 is 1.82 bits per heavy atom. The van der Waals surface area contributed by atoms with Crippen molar-refractivity contribution >= 4 is 23.3 Å². The molecule has 1 N–H and O–H groups in total. The number of hydrogen-bond acceptors (Lipinski definition) is 7. The second kappa shape index (κ2) is 12.5. The molecule has 1 atom stereocenters. The van der Waals surface area contributed by atoms with Gasteiger partial charge in [-0.3, -0.25) is 14.6 Å². The molecule has 2 fully saturated rings. The summed E-state index contributed by atoms with van der Waals surface area (Å²) in [6.45, 7) is 6.36. The molecule has 4 aromatic rings. The number of pyridine rings is 1.